The summed E-state index contributed by atoms with van der Waals surface area (Å²) < 4.78 is 19.2. The Labute approximate surface area is 203 Å². The number of benzene rings is 2. The van der Waals surface area contributed by atoms with Crippen molar-refractivity contribution in [2.75, 3.05) is 6.61 Å². The van der Waals surface area contributed by atoms with E-state index in [0.29, 0.717) is 35.1 Å². The average Bonchev–Trinajstić information content (AvgIpc) is 3.09. The molecule has 1 aliphatic heterocycles. The van der Waals surface area contributed by atoms with Crippen molar-refractivity contribution in [2.24, 2.45) is 5.92 Å². The van der Waals surface area contributed by atoms with Crippen LogP contribution in [0.5, 0.6) is 5.75 Å². The lowest BCUT2D eigenvalue weighted by atomic mass is 9.97. The van der Waals surface area contributed by atoms with Crippen LogP contribution in [0.2, 0.25) is 0 Å². The van der Waals surface area contributed by atoms with Crippen LogP contribution in [-0.4, -0.2) is 33.3 Å². The number of pyridine rings is 1. The molecular weight excluding hydrogens is 447 g/mol. The van der Waals surface area contributed by atoms with Gasteiger partial charge < -0.3 is 14.7 Å². The number of nitrogens with zero attached hydrogens (tertiary/aromatic N) is 2. The number of halogens is 1. The van der Waals surface area contributed by atoms with Gasteiger partial charge >= 0.3 is 0 Å². The van der Waals surface area contributed by atoms with Gasteiger partial charge in [-0.25, -0.2) is 4.39 Å². The fraction of sp³-hybridized carbons (Fsp3) is 0.250. The summed E-state index contributed by atoms with van der Waals surface area (Å²) in [5, 5.41) is 11.3. The fourth-order valence-electron chi connectivity index (χ4n) is 4.05. The number of hydrogen-bond acceptors (Lipinski definition) is 5. The van der Waals surface area contributed by atoms with Crippen LogP contribution in [0, 0.1) is 18.7 Å². The van der Waals surface area contributed by atoms with Crippen LogP contribution < -0.4 is 4.74 Å². The van der Waals surface area contributed by atoms with Gasteiger partial charge in [0.05, 0.1) is 17.9 Å². The first kappa shape index (κ1) is 24.1. The lowest BCUT2D eigenvalue weighted by molar-refractivity contribution is -0.140. The summed E-state index contributed by atoms with van der Waals surface area (Å²) in [6, 6.07) is 15.2. The van der Waals surface area contributed by atoms with Crippen molar-refractivity contribution < 1.29 is 23.8 Å². The Morgan fingerprint density at radius 1 is 1.11 bits per heavy atom. The standard InChI is InChI=1S/C28H27FN2O4/c1-17(2)16-35-23-12-9-20(14-18(23)3)26(32)24-25(22-6-4-5-13-30-22)31(28(34)27(24)33)15-19-7-10-21(29)11-8-19/h4-14,17,25,32H,15-16H2,1-3H3/b26-24-. The maximum absolute atomic E-state index is 13.4. The number of rotatable bonds is 7. The predicted molar refractivity (Wildman–Crippen MR) is 130 cm³/mol. The highest BCUT2D eigenvalue weighted by Crippen LogP contribution is 2.40. The van der Waals surface area contributed by atoms with Crippen LogP contribution in [0.15, 0.2) is 72.4 Å². The molecule has 1 fully saturated rings. The molecule has 3 aromatic rings. The molecule has 1 N–H and O–H groups in total. The maximum atomic E-state index is 13.4. The summed E-state index contributed by atoms with van der Waals surface area (Å²) in [4.78, 5) is 32.0. The number of ether oxygens (including phenoxy) is 1. The number of aromatic nitrogens is 1. The molecule has 2 heterocycles. The zero-order valence-corrected chi connectivity index (χ0v) is 19.9. The van der Waals surface area contributed by atoms with Crippen LogP contribution in [0.25, 0.3) is 5.76 Å². The van der Waals surface area contributed by atoms with Gasteiger partial charge in [-0.2, -0.15) is 0 Å². The summed E-state index contributed by atoms with van der Waals surface area (Å²) in [6.45, 7) is 6.58. The molecule has 1 aliphatic rings. The topological polar surface area (TPSA) is 79.7 Å². The number of ketones is 1. The Morgan fingerprint density at radius 3 is 2.49 bits per heavy atom. The van der Waals surface area contributed by atoms with Gasteiger partial charge in [0.25, 0.3) is 11.7 Å². The molecule has 1 aromatic heterocycles. The van der Waals surface area contributed by atoms with Gasteiger partial charge in [-0.05, 0) is 66.4 Å². The van der Waals surface area contributed by atoms with E-state index < -0.39 is 23.5 Å². The second-order valence-corrected chi connectivity index (χ2v) is 8.99. The fourth-order valence-corrected chi connectivity index (χ4v) is 4.05. The first-order valence-electron chi connectivity index (χ1n) is 11.4. The smallest absolute Gasteiger partial charge is 0.296 e. The lowest BCUT2D eigenvalue weighted by Gasteiger charge is -2.24. The number of likely N-dealkylation sites (tertiary alicyclic amines) is 1. The molecule has 0 saturated carbocycles. The SMILES string of the molecule is Cc1cc(/C(O)=C2/C(=O)C(=O)N(Cc3ccc(F)cc3)C2c2ccccn2)ccc1OCC(C)C. The normalized spacial score (nSPS) is 17.3. The number of hydrogen-bond donors (Lipinski definition) is 1. The molecule has 1 unspecified atom stereocenters. The van der Waals surface area contributed by atoms with Gasteiger partial charge in [-0.3, -0.25) is 14.6 Å². The molecule has 2 aromatic carbocycles. The van der Waals surface area contributed by atoms with Gasteiger partial charge in [-0.1, -0.05) is 32.0 Å². The molecule has 0 aliphatic carbocycles. The predicted octanol–water partition coefficient (Wildman–Crippen LogP) is 5.19. The second kappa shape index (κ2) is 10.1. The monoisotopic (exact) mass is 474 g/mol. The van der Waals surface area contributed by atoms with Crippen molar-refractivity contribution >= 4 is 17.4 Å². The van der Waals surface area contributed by atoms with E-state index in [1.165, 1.54) is 17.0 Å². The van der Waals surface area contributed by atoms with E-state index in [4.69, 9.17) is 4.74 Å². The van der Waals surface area contributed by atoms with Crippen LogP contribution >= 0.6 is 0 Å². The van der Waals surface area contributed by atoms with Gasteiger partial charge in [0.15, 0.2) is 0 Å². The van der Waals surface area contributed by atoms with Crippen molar-refractivity contribution in [2.45, 2.75) is 33.4 Å². The van der Waals surface area contributed by atoms with Crippen molar-refractivity contribution in [1.29, 1.82) is 0 Å². The van der Waals surface area contributed by atoms with Gasteiger partial charge in [0.2, 0.25) is 0 Å². The number of carbonyl (C=O) groups excluding carboxylic acids is 2. The Morgan fingerprint density at radius 2 is 1.86 bits per heavy atom. The van der Waals surface area contributed by atoms with E-state index in [-0.39, 0.29) is 17.9 Å². The highest BCUT2D eigenvalue weighted by molar-refractivity contribution is 6.46. The van der Waals surface area contributed by atoms with E-state index in [0.717, 1.165) is 5.56 Å². The van der Waals surface area contributed by atoms with Crippen molar-refractivity contribution in [3.8, 4) is 5.75 Å². The third-order valence-electron chi connectivity index (χ3n) is 5.79. The lowest BCUT2D eigenvalue weighted by Crippen LogP contribution is -2.29. The summed E-state index contributed by atoms with van der Waals surface area (Å²) in [6.07, 6.45) is 1.57. The van der Waals surface area contributed by atoms with E-state index in [9.17, 15) is 19.1 Å². The van der Waals surface area contributed by atoms with Crippen LogP contribution in [-0.2, 0) is 16.1 Å². The van der Waals surface area contributed by atoms with Gasteiger partial charge in [-0.15, -0.1) is 0 Å². The van der Waals surface area contributed by atoms with E-state index >= 15 is 0 Å². The number of aryl methyl sites for hydroxylation is 1. The Hall–Kier alpha value is -4.00. The maximum Gasteiger partial charge on any atom is 0.296 e. The molecule has 7 heteroatoms. The molecule has 6 nitrogen and oxygen atoms in total. The zero-order valence-electron chi connectivity index (χ0n) is 19.9. The van der Waals surface area contributed by atoms with Gasteiger partial charge in [0, 0.05) is 18.3 Å². The molecule has 4 rings (SSSR count). The number of aliphatic hydroxyl groups excluding tert-OH is 1. The van der Waals surface area contributed by atoms with Crippen LogP contribution in [0.4, 0.5) is 4.39 Å². The quantitative estimate of drug-likeness (QED) is 0.290. The zero-order chi connectivity index (χ0) is 25.1. The van der Waals surface area contributed by atoms with Crippen LogP contribution in [0.3, 0.4) is 0 Å². The summed E-state index contributed by atoms with van der Waals surface area (Å²) in [7, 11) is 0. The number of aliphatic hydroxyl groups is 1. The van der Waals surface area contributed by atoms with Crippen LogP contribution in [0.1, 0.15) is 42.3 Å². The molecule has 0 spiro atoms. The third kappa shape index (κ3) is 5.09. The summed E-state index contributed by atoms with van der Waals surface area (Å²) in [5.74, 6) is -1.17. The van der Waals surface area contributed by atoms with Crippen molar-refractivity contribution in [1.82, 2.24) is 9.88 Å². The van der Waals surface area contributed by atoms with E-state index in [2.05, 4.69) is 18.8 Å². The molecular formula is C28H27FN2O4. The van der Waals surface area contributed by atoms with E-state index in [1.807, 2.05) is 6.92 Å². The number of amides is 1. The third-order valence-corrected chi connectivity index (χ3v) is 5.79. The minimum Gasteiger partial charge on any atom is -0.507 e. The Bertz CT molecular complexity index is 1270. The Balaban J connectivity index is 1.77. The van der Waals surface area contributed by atoms with Crippen molar-refractivity contribution in [3.63, 3.8) is 0 Å². The van der Waals surface area contributed by atoms with Crippen molar-refractivity contribution in [3.05, 3.63) is 101 Å². The molecule has 1 amide bonds. The summed E-state index contributed by atoms with van der Waals surface area (Å²) >= 11 is 0. The number of carbonyl (C=O) groups is 2. The minimum atomic E-state index is -0.890. The van der Waals surface area contributed by atoms with E-state index in [1.54, 1.807) is 54.7 Å². The molecule has 0 bridgehead atoms. The molecule has 180 valence electrons. The minimum absolute atomic E-state index is 0.0361. The largest absolute Gasteiger partial charge is 0.507 e. The average molecular weight is 475 g/mol. The summed E-state index contributed by atoms with van der Waals surface area (Å²) in [5.41, 5.74) is 2.26. The molecule has 1 saturated heterocycles. The molecule has 0 radical (unpaired) electrons. The highest BCUT2D eigenvalue weighted by Gasteiger charge is 2.46. The Kier molecular flexibility index (Phi) is 6.96. The first-order chi connectivity index (χ1) is 16.8. The highest BCUT2D eigenvalue weighted by atomic mass is 19.1. The second-order valence-electron chi connectivity index (χ2n) is 8.99. The number of Topliss-reactive ketones (excluding diaryl/α,β-unsaturated/α-hetero) is 1. The first-order valence-corrected chi connectivity index (χ1v) is 11.4. The molecule has 1 atom stereocenters. The molecule has 35 heavy (non-hydrogen) atoms. The van der Waals surface area contributed by atoms with Gasteiger partial charge in [0.1, 0.15) is 23.4 Å².